The Morgan fingerprint density at radius 2 is 2.08 bits per heavy atom. The van der Waals surface area contributed by atoms with Crippen molar-refractivity contribution in [3.63, 3.8) is 0 Å². The van der Waals surface area contributed by atoms with Gasteiger partial charge in [-0.05, 0) is 19.3 Å². The maximum atomic E-state index is 11.1. The van der Waals surface area contributed by atoms with Crippen molar-refractivity contribution >= 4 is 11.6 Å². The molecular weight excluding hydrogens is 152 g/mol. The quantitative estimate of drug-likeness (QED) is 0.439. The van der Waals surface area contributed by atoms with E-state index in [4.69, 9.17) is 0 Å². The number of allylic oxidation sites excluding steroid dienone is 1. The Morgan fingerprint density at radius 1 is 1.50 bits per heavy atom. The predicted molar refractivity (Wildman–Crippen MR) is 46.7 cm³/mol. The van der Waals surface area contributed by atoms with E-state index in [0.29, 0.717) is 6.42 Å². The zero-order chi connectivity index (χ0) is 9.30. The maximum Gasteiger partial charge on any atom is 0.201 e. The monoisotopic (exact) mass is 166 g/mol. The van der Waals surface area contributed by atoms with Gasteiger partial charge in [-0.2, -0.15) is 0 Å². The SMILES string of the molecule is C=C(C)C1CC(=O)C(=O)C(C)C1. The summed E-state index contributed by atoms with van der Waals surface area (Å²) in [5, 5.41) is 0. The second kappa shape index (κ2) is 3.21. The van der Waals surface area contributed by atoms with Crippen molar-refractivity contribution in [2.75, 3.05) is 0 Å². The predicted octanol–water partition coefficient (Wildman–Crippen LogP) is 1.75. The first-order chi connectivity index (χ1) is 5.52. The fourth-order valence-corrected chi connectivity index (χ4v) is 1.59. The Balaban J connectivity index is 2.72. The summed E-state index contributed by atoms with van der Waals surface area (Å²) in [4.78, 5) is 22.2. The van der Waals surface area contributed by atoms with Gasteiger partial charge in [0.05, 0.1) is 0 Å². The fourth-order valence-electron chi connectivity index (χ4n) is 1.59. The van der Waals surface area contributed by atoms with Gasteiger partial charge in [-0.25, -0.2) is 0 Å². The minimum atomic E-state index is -0.221. The van der Waals surface area contributed by atoms with E-state index in [-0.39, 0.29) is 23.4 Å². The Labute approximate surface area is 72.7 Å². The van der Waals surface area contributed by atoms with Crippen molar-refractivity contribution in [2.24, 2.45) is 11.8 Å². The average molecular weight is 166 g/mol. The molecule has 0 saturated heterocycles. The van der Waals surface area contributed by atoms with Gasteiger partial charge in [-0.3, -0.25) is 9.59 Å². The summed E-state index contributed by atoms with van der Waals surface area (Å²) in [7, 11) is 0. The van der Waals surface area contributed by atoms with E-state index < -0.39 is 0 Å². The zero-order valence-electron chi connectivity index (χ0n) is 7.59. The number of Topliss-reactive ketones (excluding diaryl/α,β-unsaturated/α-hetero) is 2. The van der Waals surface area contributed by atoms with Crippen molar-refractivity contribution in [1.29, 1.82) is 0 Å². The highest BCUT2D eigenvalue weighted by Gasteiger charge is 2.32. The van der Waals surface area contributed by atoms with E-state index in [9.17, 15) is 9.59 Å². The van der Waals surface area contributed by atoms with Crippen LogP contribution in [-0.4, -0.2) is 11.6 Å². The Kier molecular flexibility index (Phi) is 2.46. The first-order valence-corrected chi connectivity index (χ1v) is 4.24. The van der Waals surface area contributed by atoms with Gasteiger partial charge in [0.15, 0.2) is 5.78 Å². The van der Waals surface area contributed by atoms with Crippen molar-refractivity contribution < 1.29 is 9.59 Å². The molecule has 1 aliphatic carbocycles. The molecule has 2 heteroatoms. The van der Waals surface area contributed by atoms with Crippen LogP contribution in [0.5, 0.6) is 0 Å². The summed E-state index contributed by atoms with van der Waals surface area (Å²) < 4.78 is 0. The van der Waals surface area contributed by atoms with Crippen molar-refractivity contribution in [2.45, 2.75) is 26.7 Å². The van der Waals surface area contributed by atoms with Crippen LogP contribution < -0.4 is 0 Å². The molecular formula is C10H14O2. The van der Waals surface area contributed by atoms with Gasteiger partial charge in [-0.15, -0.1) is 0 Å². The number of hydrogen-bond acceptors (Lipinski definition) is 2. The largest absolute Gasteiger partial charge is 0.291 e. The fraction of sp³-hybridized carbons (Fsp3) is 0.600. The van der Waals surface area contributed by atoms with Crippen LogP contribution in [0.1, 0.15) is 26.7 Å². The first-order valence-electron chi connectivity index (χ1n) is 4.24. The van der Waals surface area contributed by atoms with Crippen LogP contribution in [0.15, 0.2) is 12.2 Å². The van der Waals surface area contributed by atoms with Crippen molar-refractivity contribution in [3.05, 3.63) is 12.2 Å². The molecule has 0 amide bonds. The lowest BCUT2D eigenvalue weighted by Crippen LogP contribution is -2.31. The third kappa shape index (κ3) is 1.63. The van der Waals surface area contributed by atoms with Crippen molar-refractivity contribution in [3.8, 4) is 0 Å². The van der Waals surface area contributed by atoms with Gasteiger partial charge in [-0.1, -0.05) is 19.1 Å². The molecule has 1 fully saturated rings. The van der Waals surface area contributed by atoms with Crippen LogP contribution in [-0.2, 0) is 9.59 Å². The molecule has 0 radical (unpaired) electrons. The number of carbonyl (C=O) groups excluding carboxylic acids is 2. The lowest BCUT2D eigenvalue weighted by Gasteiger charge is -2.24. The van der Waals surface area contributed by atoms with E-state index in [0.717, 1.165) is 12.0 Å². The first kappa shape index (κ1) is 9.17. The molecule has 1 aliphatic rings. The van der Waals surface area contributed by atoms with E-state index in [1.807, 2.05) is 13.8 Å². The molecule has 0 aromatic carbocycles. The van der Waals surface area contributed by atoms with E-state index in [1.54, 1.807) is 0 Å². The lowest BCUT2D eigenvalue weighted by atomic mass is 9.78. The number of carbonyl (C=O) groups is 2. The summed E-state index contributed by atoms with van der Waals surface area (Å²) >= 11 is 0. The third-order valence-corrected chi connectivity index (χ3v) is 2.49. The zero-order valence-corrected chi connectivity index (χ0v) is 7.59. The summed E-state index contributed by atoms with van der Waals surface area (Å²) in [6, 6.07) is 0. The third-order valence-electron chi connectivity index (χ3n) is 2.49. The van der Waals surface area contributed by atoms with Gasteiger partial charge in [0.25, 0.3) is 0 Å². The molecule has 12 heavy (non-hydrogen) atoms. The van der Waals surface area contributed by atoms with E-state index >= 15 is 0 Å². The summed E-state index contributed by atoms with van der Waals surface area (Å²) in [6.45, 7) is 7.54. The summed E-state index contributed by atoms with van der Waals surface area (Å²) in [6.07, 6.45) is 1.17. The standard InChI is InChI=1S/C10H14O2/c1-6(2)8-4-7(3)10(12)9(11)5-8/h7-8H,1,4-5H2,2-3H3. The van der Waals surface area contributed by atoms with Gasteiger partial charge in [0.2, 0.25) is 5.78 Å². The second-order valence-electron chi connectivity index (χ2n) is 3.67. The van der Waals surface area contributed by atoms with Crippen LogP contribution in [0.25, 0.3) is 0 Å². The molecule has 0 aliphatic heterocycles. The molecule has 2 atom stereocenters. The second-order valence-corrected chi connectivity index (χ2v) is 3.67. The molecule has 0 spiro atoms. The van der Waals surface area contributed by atoms with E-state index in [1.165, 1.54) is 0 Å². The molecule has 2 nitrogen and oxygen atoms in total. The summed E-state index contributed by atoms with van der Waals surface area (Å²) in [5.41, 5.74) is 1.02. The highest BCUT2D eigenvalue weighted by molar-refractivity contribution is 6.38. The van der Waals surface area contributed by atoms with Gasteiger partial charge >= 0.3 is 0 Å². The van der Waals surface area contributed by atoms with Crippen LogP contribution in [0, 0.1) is 11.8 Å². The number of hydrogen-bond donors (Lipinski definition) is 0. The van der Waals surface area contributed by atoms with Crippen LogP contribution in [0.2, 0.25) is 0 Å². The average Bonchev–Trinajstić information content (AvgIpc) is 1.99. The summed E-state index contributed by atoms with van der Waals surface area (Å²) in [5.74, 6) is -0.299. The minimum Gasteiger partial charge on any atom is -0.291 e. The Bertz CT molecular complexity index is 240. The number of rotatable bonds is 1. The topological polar surface area (TPSA) is 34.1 Å². The Morgan fingerprint density at radius 3 is 2.50 bits per heavy atom. The van der Waals surface area contributed by atoms with Crippen LogP contribution >= 0.6 is 0 Å². The van der Waals surface area contributed by atoms with Gasteiger partial charge in [0.1, 0.15) is 0 Å². The molecule has 66 valence electrons. The highest BCUT2D eigenvalue weighted by atomic mass is 16.2. The smallest absolute Gasteiger partial charge is 0.201 e. The van der Waals surface area contributed by atoms with Crippen molar-refractivity contribution in [1.82, 2.24) is 0 Å². The molecule has 1 rings (SSSR count). The van der Waals surface area contributed by atoms with Crippen LogP contribution in [0.3, 0.4) is 0 Å². The normalized spacial score (nSPS) is 30.5. The number of ketones is 2. The molecule has 0 N–H and O–H groups in total. The molecule has 0 aromatic rings. The molecule has 0 heterocycles. The molecule has 2 unspecified atom stereocenters. The minimum absolute atomic E-state index is 0.104. The van der Waals surface area contributed by atoms with Crippen LogP contribution in [0.4, 0.5) is 0 Å². The molecule has 0 aromatic heterocycles. The molecule has 1 saturated carbocycles. The Hall–Kier alpha value is -0.920. The lowest BCUT2D eigenvalue weighted by molar-refractivity contribution is -0.141. The highest BCUT2D eigenvalue weighted by Crippen LogP contribution is 2.28. The van der Waals surface area contributed by atoms with Gasteiger partial charge in [0, 0.05) is 12.3 Å². The van der Waals surface area contributed by atoms with Gasteiger partial charge < -0.3 is 0 Å². The molecule has 0 bridgehead atoms. The van der Waals surface area contributed by atoms with E-state index in [2.05, 4.69) is 6.58 Å². The maximum absolute atomic E-state index is 11.1.